The van der Waals surface area contributed by atoms with Gasteiger partial charge in [-0.25, -0.2) is 14.3 Å². The molecule has 0 saturated heterocycles. The minimum Gasteiger partial charge on any atom is -0.490 e. The molecule has 0 bridgehead atoms. The summed E-state index contributed by atoms with van der Waals surface area (Å²) in [6.07, 6.45) is 0. The first-order valence-corrected chi connectivity index (χ1v) is 10.7. The number of nitrogens with zero attached hydrogens (tertiary/aromatic N) is 2. The van der Waals surface area contributed by atoms with Crippen LogP contribution in [0, 0.1) is 0 Å². The summed E-state index contributed by atoms with van der Waals surface area (Å²) in [4.78, 5) is 25.6. The average Bonchev–Trinajstić information content (AvgIpc) is 3.22. The number of hydrogen-bond donors (Lipinski definition) is 0. The van der Waals surface area contributed by atoms with Gasteiger partial charge in [0.15, 0.2) is 5.69 Å². The van der Waals surface area contributed by atoms with Gasteiger partial charge in [-0.1, -0.05) is 34.1 Å². The molecule has 32 heavy (non-hydrogen) atoms. The van der Waals surface area contributed by atoms with Crippen molar-refractivity contribution in [3.8, 4) is 22.7 Å². The molecule has 9 heteroatoms. The molecule has 0 aliphatic carbocycles. The largest absolute Gasteiger partial charge is 0.490 e. The second kappa shape index (κ2) is 10.9. The average molecular weight is 503 g/mol. The molecule has 0 amide bonds. The normalized spacial score (nSPS) is 10.6. The van der Waals surface area contributed by atoms with Crippen molar-refractivity contribution in [2.75, 3.05) is 34.0 Å². The van der Waals surface area contributed by atoms with Crippen LogP contribution in [0.1, 0.15) is 27.8 Å². The van der Waals surface area contributed by atoms with Crippen LogP contribution in [-0.4, -0.2) is 55.8 Å². The lowest BCUT2D eigenvalue weighted by atomic mass is 10.0. The van der Waals surface area contributed by atoms with E-state index in [2.05, 4.69) is 21.0 Å². The molecule has 1 aromatic heterocycles. The Labute approximate surface area is 194 Å². The fraction of sp³-hybridized carbons (Fsp3) is 0.261. The van der Waals surface area contributed by atoms with Crippen LogP contribution < -0.4 is 4.74 Å². The SMILES string of the molecule is CCOCCOc1ccc(Br)cc1-c1nn(-c2ccccc2)c(C(=O)OC)c1C(=O)OC. The van der Waals surface area contributed by atoms with Crippen LogP contribution in [0.5, 0.6) is 5.75 Å². The third-order valence-electron chi connectivity index (χ3n) is 4.54. The van der Waals surface area contributed by atoms with Crippen LogP contribution in [0.15, 0.2) is 53.0 Å². The van der Waals surface area contributed by atoms with Gasteiger partial charge in [0.25, 0.3) is 0 Å². The van der Waals surface area contributed by atoms with Crippen molar-refractivity contribution in [1.82, 2.24) is 9.78 Å². The summed E-state index contributed by atoms with van der Waals surface area (Å²) in [6, 6.07) is 14.3. The van der Waals surface area contributed by atoms with Crippen LogP contribution in [-0.2, 0) is 14.2 Å². The maximum Gasteiger partial charge on any atom is 0.357 e. The van der Waals surface area contributed by atoms with Crippen LogP contribution in [0.4, 0.5) is 0 Å². The molecule has 1 heterocycles. The van der Waals surface area contributed by atoms with Crippen molar-refractivity contribution in [2.45, 2.75) is 6.92 Å². The molecule has 0 fully saturated rings. The molecule has 0 saturated carbocycles. The van der Waals surface area contributed by atoms with E-state index in [-0.39, 0.29) is 17.0 Å². The lowest BCUT2D eigenvalue weighted by Gasteiger charge is -2.12. The van der Waals surface area contributed by atoms with Gasteiger partial charge < -0.3 is 18.9 Å². The predicted octanol–water partition coefficient (Wildman–Crippen LogP) is 4.29. The Bertz CT molecular complexity index is 1100. The predicted molar refractivity (Wildman–Crippen MR) is 121 cm³/mol. The Morgan fingerprint density at radius 2 is 1.72 bits per heavy atom. The van der Waals surface area contributed by atoms with Gasteiger partial charge in [0, 0.05) is 16.6 Å². The van der Waals surface area contributed by atoms with Crippen LogP contribution in [0.2, 0.25) is 0 Å². The van der Waals surface area contributed by atoms with Crippen molar-refractivity contribution in [2.24, 2.45) is 0 Å². The molecule has 0 unspecified atom stereocenters. The summed E-state index contributed by atoms with van der Waals surface area (Å²) in [6.45, 7) is 3.19. The number of benzene rings is 2. The first-order chi connectivity index (χ1) is 15.5. The maximum absolute atomic E-state index is 12.8. The molecule has 2 aromatic carbocycles. The van der Waals surface area contributed by atoms with Gasteiger partial charge in [-0.3, -0.25) is 0 Å². The molecule has 0 radical (unpaired) electrons. The van der Waals surface area contributed by atoms with E-state index in [0.29, 0.717) is 36.8 Å². The standard InChI is InChI=1S/C23H23BrN2O6/c1-4-31-12-13-32-18-11-10-15(24)14-17(18)20-19(22(27)29-2)21(23(28)30-3)26(25-20)16-8-6-5-7-9-16/h5-11,14H,4,12-13H2,1-3H3. The zero-order chi connectivity index (χ0) is 23.1. The van der Waals surface area contributed by atoms with Crippen molar-refractivity contribution in [1.29, 1.82) is 0 Å². The number of hydrogen-bond acceptors (Lipinski definition) is 7. The number of carbonyl (C=O) groups excluding carboxylic acids is 2. The number of aromatic nitrogens is 2. The topological polar surface area (TPSA) is 88.9 Å². The number of methoxy groups -OCH3 is 2. The molecule has 3 aromatic rings. The Morgan fingerprint density at radius 1 is 1.00 bits per heavy atom. The van der Waals surface area contributed by atoms with Gasteiger partial charge in [-0.15, -0.1) is 0 Å². The highest BCUT2D eigenvalue weighted by Gasteiger charge is 2.32. The third kappa shape index (κ3) is 5.00. The van der Waals surface area contributed by atoms with Crippen molar-refractivity contribution < 1.29 is 28.5 Å². The molecule has 168 valence electrons. The highest BCUT2D eigenvalue weighted by molar-refractivity contribution is 9.10. The Kier molecular flexibility index (Phi) is 8.02. The lowest BCUT2D eigenvalue weighted by Crippen LogP contribution is -2.15. The fourth-order valence-corrected chi connectivity index (χ4v) is 3.47. The zero-order valence-electron chi connectivity index (χ0n) is 18.0. The van der Waals surface area contributed by atoms with Crippen molar-refractivity contribution in [3.05, 3.63) is 64.3 Å². The number of para-hydroxylation sites is 1. The minimum atomic E-state index is -0.721. The molecule has 0 atom stereocenters. The lowest BCUT2D eigenvalue weighted by molar-refractivity contribution is 0.0549. The molecular formula is C23H23BrN2O6. The molecule has 3 rings (SSSR count). The summed E-state index contributed by atoms with van der Waals surface area (Å²) in [5.74, 6) is -0.961. The summed E-state index contributed by atoms with van der Waals surface area (Å²) in [5, 5.41) is 4.62. The summed E-state index contributed by atoms with van der Waals surface area (Å²) in [5.41, 5.74) is 1.26. The second-order valence-corrected chi connectivity index (χ2v) is 7.40. The minimum absolute atomic E-state index is 0.0176. The molecule has 0 spiro atoms. The molecule has 0 aliphatic heterocycles. The van der Waals surface area contributed by atoms with E-state index in [4.69, 9.17) is 18.9 Å². The second-order valence-electron chi connectivity index (χ2n) is 6.49. The first kappa shape index (κ1) is 23.5. The Morgan fingerprint density at radius 3 is 2.38 bits per heavy atom. The van der Waals surface area contributed by atoms with E-state index in [9.17, 15) is 9.59 Å². The van der Waals surface area contributed by atoms with Gasteiger partial charge in [0.05, 0.1) is 26.5 Å². The highest BCUT2D eigenvalue weighted by atomic mass is 79.9. The van der Waals surface area contributed by atoms with Crippen molar-refractivity contribution in [3.63, 3.8) is 0 Å². The highest BCUT2D eigenvalue weighted by Crippen LogP contribution is 2.36. The number of ether oxygens (including phenoxy) is 4. The fourth-order valence-electron chi connectivity index (χ4n) is 3.11. The van der Waals surface area contributed by atoms with E-state index >= 15 is 0 Å². The smallest absolute Gasteiger partial charge is 0.357 e. The van der Waals surface area contributed by atoms with Gasteiger partial charge in [0.1, 0.15) is 23.6 Å². The van der Waals surface area contributed by atoms with E-state index in [1.54, 1.807) is 36.4 Å². The monoisotopic (exact) mass is 502 g/mol. The summed E-state index contributed by atoms with van der Waals surface area (Å²) < 4.78 is 23.3. The molecule has 0 aliphatic rings. The van der Waals surface area contributed by atoms with Gasteiger partial charge >= 0.3 is 11.9 Å². The van der Waals surface area contributed by atoms with Gasteiger partial charge in [-0.2, -0.15) is 5.10 Å². The third-order valence-corrected chi connectivity index (χ3v) is 5.03. The van der Waals surface area contributed by atoms with E-state index in [1.165, 1.54) is 18.9 Å². The quantitative estimate of drug-likeness (QED) is 0.318. The molecular weight excluding hydrogens is 480 g/mol. The van der Waals surface area contributed by atoms with Crippen LogP contribution in [0.3, 0.4) is 0 Å². The Balaban J connectivity index is 2.25. The van der Waals surface area contributed by atoms with E-state index in [1.807, 2.05) is 19.1 Å². The molecule has 8 nitrogen and oxygen atoms in total. The zero-order valence-corrected chi connectivity index (χ0v) is 19.5. The first-order valence-electron chi connectivity index (χ1n) is 9.87. The van der Waals surface area contributed by atoms with Crippen molar-refractivity contribution >= 4 is 27.9 Å². The van der Waals surface area contributed by atoms with Gasteiger partial charge in [0.2, 0.25) is 0 Å². The summed E-state index contributed by atoms with van der Waals surface area (Å²) in [7, 11) is 2.49. The number of rotatable bonds is 9. The van der Waals surface area contributed by atoms with Crippen LogP contribution in [0.25, 0.3) is 16.9 Å². The van der Waals surface area contributed by atoms with E-state index in [0.717, 1.165) is 4.47 Å². The van der Waals surface area contributed by atoms with E-state index < -0.39 is 11.9 Å². The van der Waals surface area contributed by atoms with Gasteiger partial charge in [-0.05, 0) is 37.3 Å². The molecule has 0 N–H and O–H groups in total. The number of esters is 2. The maximum atomic E-state index is 12.8. The van der Waals surface area contributed by atoms with Crippen LogP contribution >= 0.6 is 15.9 Å². The Hall–Kier alpha value is -3.17. The number of carbonyl (C=O) groups is 2. The number of halogens is 1. The summed E-state index contributed by atoms with van der Waals surface area (Å²) >= 11 is 3.46.